The molecule has 0 spiro atoms. The van der Waals surface area contributed by atoms with Gasteiger partial charge in [0.25, 0.3) is 0 Å². The molecular weight excluding hydrogens is 396 g/mol. The lowest BCUT2D eigenvalue weighted by molar-refractivity contribution is 0.276. The van der Waals surface area contributed by atoms with Gasteiger partial charge >= 0.3 is 5.63 Å². The van der Waals surface area contributed by atoms with Gasteiger partial charge in [0.15, 0.2) is 17.2 Å². The number of rotatable bonds is 6. The van der Waals surface area contributed by atoms with Gasteiger partial charge in [-0.15, -0.1) is 0 Å². The second kappa shape index (κ2) is 8.44. The van der Waals surface area contributed by atoms with Gasteiger partial charge in [0, 0.05) is 0 Å². The smallest absolute Gasteiger partial charge is 0.344 e. The third kappa shape index (κ3) is 3.57. The van der Waals surface area contributed by atoms with Crippen LogP contribution in [0.25, 0.3) is 11.0 Å². The molecule has 0 radical (unpaired) electrons. The molecule has 0 aliphatic carbocycles. The fourth-order valence-electron chi connectivity index (χ4n) is 3.70. The molecule has 0 saturated carbocycles. The summed E-state index contributed by atoms with van der Waals surface area (Å²) in [5, 5.41) is 10.4. The predicted octanol–water partition coefficient (Wildman–Crippen LogP) is 4.20. The van der Waals surface area contributed by atoms with E-state index < -0.39 is 11.5 Å². The summed E-state index contributed by atoms with van der Waals surface area (Å²) >= 11 is 0. The van der Waals surface area contributed by atoms with Crippen molar-refractivity contribution in [2.75, 3.05) is 13.2 Å². The number of allylic oxidation sites excluding steroid dienone is 1. The second-order valence-corrected chi connectivity index (χ2v) is 7.04. The van der Waals surface area contributed by atoms with Crippen LogP contribution in [-0.2, 0) is 0 Å². The highest BCUT2D eigenvalue weighted by Gasteiger charge is 2.35. The molecule has 4 rings (SSSR count). The van der Waals surface area contributed by atoms with E-state index in [-0.39, 0.29) is 17.0 Å². The van der Waals surface area contributed by atoms with Gasteiger partial charge in [-0.2, -0.15) is 5.26 Å². The van der Waals surface area contributed by atoms with Gasteiger partial charge in [-0.3, -0.25) is 0 Å². The molecule has 1 aliphatic rings. The van der Waals surface area contributed by atoms with Crippen molar-refractivity contribution in [1.29, 1.82) is 5.26 Å². The van der Waals surface area contributed by atoms with E-state index in [2.05, 4.69) is 6.07 Å². The molecule has 2 heterocycles. The number of nitriles is 1. The van der Waals surface area contributed by atoms with Crippen molar-refractivity contribution in [1.82, 2.24) is 0 Å². The van der Waals surface area contributed by atoms with Crippen LogP contribution in [0.15, 0.2) is 63.1 Å². The average molecular weight is 418 g/mol. The van der Waals surface area contributed by atoms with Crippen molar-refractivity contribution in [3.63, 3.8) is 0 Å². The summed E-state index contributed by atoms with van der Waals surface area (Å²) in [6.07, 6.45) is 0.854. The number of nitrogens with zero attached hydrogens (tertiary/aromatic N) is 1. The zero-order valence-electron chi connectivity index (χ0n) is 17.3. The van der Waals surface area contributed by atoms with Crippen LogP contribution in [-0.4, -0.2) is 13.2 Å². The van der Waals surface area contributed by atoms with Gasteiger partial charge < -0.3 is 24.4 Å². The average Bonchev–Trinajstić information content (AvgIpc) is 2.77. The summed E-state index contributed by atoms with van der Waals surface area (Å²) in [6.45, 7) is 4.88. The summed E-state index contributed by atoms with van der Waals surface area (Å²) in [5.74, 6) is 0.634. The lowest BCUT2D eigenvalue weighted by atomic mass is 9.83. The molecule has 158 valence electrons. The Hall–Kier alpha value is -3.92. The van der Waals surface area contributed by atoms with Crippen molar-refractivity contribution < 1.29 is 18.6 Å². The predicted molar refractivity (Wildman–Crippen MR) is 115 cm³/mol. The molecule has 31 heavy (non-hydrogen) atoms. The van der Waals surface area contributed by atoms with E-state index in [0.29, 0.717) is 47.0 Å². The zero-order valence-corrected chi connectivity index (χ0v) is 17.3. The molecule has 3 aromatic rings. The molecule has 0 amide bonds. The number of hydrogen-bond donors (Lipinski definition) is 1. The van der Waals surface area contributed by atoms with Gasteiger partial charge in [0.05, 0.1) is 30.1 Å². The van der Waals surface area contributed by atoms with Crippen LogP contribution >= 0.6 is 0 Å². The number of hydrogen-bond acceptors (Lipinski definition) is 7. The SMILES string of the molecule is CCCOc1ccc([C@H]2C(C#N)=C(N)Oc3c2c(=O)oc2ccccc32)cc1OCC. The minimum absolute atomic E-state index is 0.0416. The number of fused-ring (bicyclic) bond motifs is 3. The number of benzene rings is 2. The summed E-state index contributed by atoms with van der Waals surface area (Å²) in [7, 11) is 0. The molecule has 0 saturated heterocycles. The molecule has 2 aromatic carbocycles. The molecule has 0 unspecified atom stereocenters. The molecule has 1 aliphatic heterocycles. The lowest BCUT2D eigenvalue weighted by Crippen LogP contribution is -2.26. The first-order valence-corrected chi connectivity index (χ1v) is 10.1. The monoisotopic (exact) mass is 418 g/mol. The quantitative estimate of drug-likeness (QED) is 0.598. The highest BCUT2D eigenvalue weighted by molar-refractivity contribution is 5.86. The number of nitrogens with two attached hydrogens (primary N) is 1. The fraction of sp³-hybridized carbons (Fsp3) is 0.250. The van der Waals surface area contributed by atoms with E-state index in [9.17, 15) is 10.1 Å². The maximum Gasteiger partial charge on any atom is 0.344 e. The van der Waals surface area contributed by atoms with E-state index in [1.807, 2.05) is 19.9 Å². The van der Waals surface area contributed by atoms with Crippen LogP contribution in [0.5, 0.6) is 17.2 Å². The molecular formula is C24H22N2O5. The van der Waals surface area contributed by atoms with Crippen LogP contribution in [0.2, 0.25) is 0 Å². The Morgan fingerprint density at radius 3 is 2.68 bits per heavy atom. The number of ether oxygens (including phenoxy) is 3. The molecule has 7 nitrogen and oxygen atoms in total. The van der Waals surface area contributed by atoms with Crippen molar-refractivity contribution in [2.45, 2.75) is 26.2 Å². The molecule has 0 fully saturated rings. The van der Waals surface area contributed by atoms with E-state index in [1.54, 1.807) is 36.4 Å². The maximum atomic E-state index is 13.0. The van der Waals surface area contributed by atoms with Gasteiger partial charge in [-0.1, -0.05) is 25.1 Å². The topological polar surface area (TPSA) is 108 Å². The minimum Gasteiger partial charge on any atom is -0.490 e. The molecule has 1 aromatic heterocycles. The van der Waals surface area contributed by atoms with Gasteiger partial charge in [-0.05, 0) is 43.2 Å². The molecule has 1 atom stereocenters. The Morgan fingerprint density at radius 1 is 1.13 bits per heavy atom. The van der Waals surface area contributed by atoms with E-state index in [4.69, 9.17) is 24.4 Å². The summed E-state index contributed by atoms with van der Waals surface area (Å²) in [6, 6.07) is 14.5. The first-order chi connectivity index (χ1) is 15.1. The molecule has 2 N–H and O–H groups in total. The zero-order chi connectivity index (χ0) is 22.0. The largest absolute Gasteiger partial charge is 0.490 e. The highest BCUT2D eigenvalue weighted by Crippen LogP contribution is 2.45. The third-order valence-electron chi connectivity index (χ3n) is 5.04. The van der Waals surface area contributed by atoms with Gasteiger partial charge in [0.2, 0.25) is 5.88 Å². The van der Waals surface area contributed by atoms with Crippen LogP contribution in [0.4, 0.5) is 0 Å². The highest BCUT2D eigenvalue weighted by atomic mass is 16.5. The summed E-state index contributed by atoms with van der Waals surface area (Å²) in [5.41, 5.74) is 6.94. The minimum atomic E-state index is -0.756. The van der Waals surface area contributed by atoms with Crippen LogP contribution in [0.3, 0.4) is 0 Å². The first-order valence-electron chi connectivity index (χ1n) is 10.1. The van der Waals surface area contributed by atoms with Gasteiger partial charge in [0.1, 0.15) is 17.2 Å². The van der Waals surface area contributed by atoms with Crippen molar-refractivity contribution >= 4 is 11.0 Å². The summed E-state index contributed by atoms with van der Waals surface area (Å²) < 4.78 is 22.8. The maximum absolute atomic E-state index is 13.0. The van der Waals surface area contributed by atoms with Crippen LogP contribution in [0, 0.1) is 11.3 Å². The second-order valence-electron chi connectivity index (χ2n) is 7.04. The fourth-order valence-corrected chi connectivity index (χ4v) is 3.70. The molecule has 7 heteroatoms. The van der Waals surface area contributed by atoms with E-state index in [1.165, 1.54) is 0 Å². The lowest BCUT2D eigenvalue weighted by Gasteiger charge is -2.26. The van der Waals surface area contributed by atoms with Crippen molar-refractivity contribution in [3.8, 4) is 23.3 Å². The van der Waals surface area contributed by atoms with Crippen molar-refractivity contribution in [3.05, 3.63) is 75.5 Å². The first kappa shape index (κ1) is 20.4. The van der Waals surface area contributed by atoms with Crippen LogP contribution < -0.4 is 25.6 Å². The summed E-state index contributed by atoms with van der Waals surface area (Å²) in [4.78, 5) is 13.0. The number of para-hydroxylation sites is 1. The van der Waals surface area contributed by atoms with Crippen molar-refractivity contribution in [2.24, 2.45) is 5.73 Å². The Balaban J connectivity index is 1.94. The normalized spacial score (nSPS) is 15.2. The van der Waals surface area contributed by atoms with E-state index in [0.717, 1.165) is 6.42 Å². The Kier molecular flexibility index (Phi) is 5.54. The van der Waals surface area contributed by atoms with Crippen LogP contribution in [0.1, 0.15) is 37.3 Å². The Labute approximate surface area is 179 Å². The molecule has 0 bridgehead atoms. The third-order valence-corrected chi connectivity index (χ3v) is 5.04. The Bertz CT molecular complexity index is 1270. The van der Waals surface area contributed by atoms with E-state index >= 15 is 0 Å². The Morgan fingerprint density at radius 2 is 1.94 bits per heavy atom. The van der Waals surface area contributed by atoms with Gasteiger partial charge in [-0.25, -0.2) is 4.79 Å². The standard InChI is InChI=1S/C24H22N2O5/c1-3-11-29-18-10-9-14(12-19(18)28-4-2)20-16(13-25)23(26)31-22-15-7-5-6-8-17(15)30-24(27)21(20)22/h5-10,12,20H,3-4,11,26H2,1-2H3/t20-/m0/s1.